The van der Waals surface area contributed by atoms with Gasteiger partial charge in [-0.3, -0.25) is 4.79 Å². The zero-order valence-electron chi connectivity index (χ0n) is 8.39. The molecule has 1 N–H and O–H groups in total. The molecular weight excluding hydrogens is 162 g/mol. The second kappa shape index (κ2) is 4.26. The van der Waals surface area contributed by atoms with Crippen LogP contribution in [0.2, 0.25) is 0 Å². The summed E-state index contributed by atoms with van der Waals surface area (Å²) in [6.07, 6.45) is 4.94. The lowest BCUT2D eigenvalue weighted by molar-refractivity contribution is -0.113. The molecule has 2 heteroatoms. The van der Waals surface area contributed by atoms with Gasteiger partial charge in [0.05, 0.1) is 0 Å². The molecule has 0 heterocycles. The number of ketones is 1. The van der Waals surface area contributed by atoms with Crippen LogP contribution in [-0.4, -0.2) is 11.8 Å². The van der Waals surface area contributed by atoms with Crippen LogP contribution in [-0.2, 0) is 4.79 Å². The molecule has 2 nitrogen and oxygen atoms in total. The van der Waals surface area contributed by atoms with Crippen molar-refractivity contribution in [1.29, 1.82) is 0 Å². The van der Waals surface area contributed by atoms with Crippen LogP contribution >= 0.6 is 0 Å². The van der Waals surface area contributed by atoms with Gasteiger partial charge in [0.15, 0.2) is 5.78 Å². The number of carbonyl (C=O) groups is 1. The highest BCUT2D eigenvalue weighted by Crippen LogP contribution is 2.19. The second-order valence-corrected chi connectivity index (χ2v) is 3.68. The molecule has 0 aromatic heterocycles. The summed E-state index contributed by atoms with van der Waals surface area (Å²) in [6, 6.07) is 0.473. The molecule has 1 aliphatic rings. The highest BCUT2D eigenvalue weighted by atomic mass is 16.1. The fraction of sp³-hybridized carbons (Fsp3) is 0.545. The molecular formula is C11H17NO. The molecule has 0 saturated carbocycles. The molecule has 0 amide bonds. The summed E-state index contributed by atoms with van der Waals surface area (Å²) >= 11 is 0. The topological polar surface area (TPSA) is 29.1 Å². The van der Waals surface area contributed by atoms with E-state index in [1.165, 1.54) is 0 Å². The fourth-order valence-corrected chi connectivity index (χ4v) is 1.63. The van der Waals surface area contributed by atoms with E-state index < -0.39 is 0 Å². The summed E-state index contributed by atoms with van der Waals surface area (Å²) in [5.74, 6) is 0.216. The number of Topliss-reactive ketones (excluding diaryl/α,β-unsaturated/α-hetero) is 1. The summed E-state index contributed by atoms with van der Waals surface area (Å²) in [6.45, 7) is 7.40. The molecule has 1 aliphatic carbocycles. The largest absolute Gasteiger partial charge is 0.386 e. The van der Waals surface area contributed by atoms with Crippen LogP contribution in [0.1, 0.15) is 33.1 Å². The van der Waals surface area contributed by atoms with Crippen molar-refractivity contribution < 1.29 is 4.79 Å². The first-order valence-electron chi connectivity index (χ1n) is 4.71. The van der Waals surface area contributed by atoms with Gasteiger partial charge in [-0.1, -0.05) is 12.7 Å². The Bertz CT molecular complexity index is 253. The van der Waals surface area contributed by atoms with Crippen molar-refractivity contribution in [3.63, 3.8) is 0 Å². The smallest absolute Gasteiger partial charge is 0.155 e. The Balaban J connectivity index is 2.46. The van der Waals surface area contributed by atoms with Gasteiger partial charge in [-0.25, -0.2) is 0 Å². The molecule has 1 rings (SSSR count). The summed E-state index contributed by atoms with van der Waals surface area (Å²) in [4.78, 5) is 11.0. The van der Waals surface area contributed by atoms with Crippen LogP contribution in [0.15, 0.2) is 23.9 Å². The minimum absolute atomic E-state index is 0.216. The molecule has 0 spiro atoms. The molecule has 0 aliphatic heterocycles. The Morgan fingerprint density at radius 2 is 2.31 bits per heavy atom. The first-order valence-corrected chi connectivity index (χ1v) is 4.71. The average molecular weight is 179 g/mol. The normalized spacial score (nSPS) is 22.0. The maximum atomic E-state index is 11.0. The van der Waals surface area contributed by atoms with Crippen molar-refractivity contribution in [2.24, 2.45) is 0 Å². The molecule has 13 heavy (non-hydrogen) atoms. The molecule has 0 radical (unpaired) electrons. The Labute approximate surface area is 79.7 Å². The van der Waals surface area contributed by atoms with E-state index in [2.05, 4.69) is 11.9 Å². The first-order chi connectivity index (χ1) is 6.09. The van der Waals surface area contributed by atoms with Crippen LogP contribution in [0.4, 0.5) is 0 Å². The van der Waals surface area contributed by atoms with E-state index in [4.69, 9.17) is 0 Å². The first kappa shape index (κ1) is 10.0. The van der Waals surface area contributed by atoms with Crippen molar-refractivity contribution in [3.8, 4) is 0 Å². The van der Waals surface area contributed by atoms with E-state index in [1.807, 2.05) is 13.0 Å². The van der Waals surface area contributed by atoms with E-state index >= 15 is 0 Å². The van der Waals surface area contributed by atoms with Crippen LogP contribution < -0.4 is 5.32 Å². The molecule has 1 unspecified atom stereocenters. The van der Waals surface area contributed by atoms with Crippen LogP contribution in [0.5, 0.6) is 0 Å². The van der Waals surface area contributed by atoms with Gasteiger partial charge in [-0.15, -0.1) is 0 Å². The maximum absolute atomic E-state index is 11.0. The summed E-state index contributed by atoms with van der Waals surface area (Å²) in [7, 11) is 0. The van der Waals surface area contributed by atoms with Gasteiger partial charge < -0.3 is 5.32 Å². The number of hydrogen-bond acceptors (Lipinski definition) is 2. The Hall–Kier alpha value is -1.05. The van der Waals surface area contributed by atoms with Gasteiger partial charge in [0, 0.05) is 11.7 Å². The Kier molecular flexibility index (Phi) is 3.29. The SMILES string of the molecule is C=C(C)NC1CC=C(C(C)=O)CC1. The third kappa shape index (κ3) is 3.05. The number of rotatable bonds is 3. The lowest BCUT2D eigenvalue weighted by Crippen LogP contribution is -2.29. The van der Waals surface area contributed by atoms with E-state index in [0.29, 0.717) is 6.04 Å². The number of nitrogens with one attached hydrogen (secondary N) is 1. The molecule has 0 aromatic rings. The zero-order chi connectivity index (χ0) is 9.84. The van der Waals surface area contributed by atoms with Crippen molar-refractivity contribution in [1.82, 2.24) is 5.32 Å². The molecule has 0 aromatic carbocycles. The van der Waals surface area contributed by atoms with Crippen LogP contribution in [0.3, 0.4) is 0 Å². The van der Waals surface area contributed by atoms with Gasteiger partial charge in [-0.2, -0.15) is 0 Å². The van der Waals surface area contributed by atoms with Crippen molar-refractivity contribution >= 4 is 5.78 Å². The third-order valence-corrected chi connectivity index (χ3v) is 2.31. The molecule has 0 saturated heterocycles. The van der Waals surface area contributed by atoms with Gasteiger partial charge >= 0.3 is 0 Å². The molecule has 0 bridgehead atoms. The highest BCUT2D eigenvalue weighted by molar-refractivity contribution is 5.93. The summed E-state index contributed by atoms with van der Waals surface area (Å²) < 4.78 is 0. The monoisotopic (exact) mass is 179 g/mol. The third-order valence-electron chi connectivity index (χ3n) is 2.31. The Morgan fingerprint density at radius 1 is 1.62 bits per heavy atom. The van der Waals surface area contributed by atoms with E-state index in [1.54, 1.807) is 6.92 Å². The van der Waals surface area contributed by atoms with Gasteiger partial charge in [0.2, 0.25) is 0 Å². The molecule has 1 atom stereocenters. The van der Waals surface area contributed by atoms with Gasteiger partial charge in [0.25, 0.3) is 0 Å². The maximum Gasteiger partial charge on any atom is 0.155 e. The van der Waals surface area contributed by atoms with Crippen LogP contribution in [0, 0.1) is 0 Å². The molecule has 72 valence electrons. The Morgan fingerprint density at radius 3 is 2.69 bits per heavy atom. The quantitative estimate of drug-likeness (QED) is 0.719. The number of allylic oxidation sites excluding steroid dienone is 2. The van der Waals surface area contributed by atoms with Gasteiger partial charge in [-0.05, 0) is 38.7 Å². The van der Waals surface area contributed by atoms with E-state index in [0.717, 1.165) is 30.5 Å². The predicted molar refractivity (Wildman–Crippen MR) is 54.4 cm³/mol. The minimum atomic E-state index is 0.216. The number of hydrogen-bond donors (Lipinski definition) is 1. The average Bonchev–Trinajstić information content (AvgIpc) is 2.04. The lowest BCUT2D eigenvalue weighted by atomic mass is 9.93. The molecule has 0 fully saturated rings. The van der Waals surface area contributed by atoms with Crippen molar-refractivity contribution in [2.75, 3.05) is 0 Å². The zero-order valence-corrected chi connectivity index (χ0v) is 8.39. The lowest BCUT2D eigenvalue weighted by Gasteiger charge is -2.22. The van der Waals surface area contributed by atoms with Crippen molar-refractivity contribution in [3.05, 3.63) is 23.9 Å². The standard InChI is InChI=1S/C11H17NO/c1-8(2)12-11-6-4-10(5-7-11)9(3)13/h4,11-12H,1,5-7H2,2-3H3. The van der Waals surface area contributed by atoms with Crippen molar-refractivity contribution in [2.45, 2.75) is 39.2 Å². The number of carbonyl (C=O) groups excluding carboxylic acids is 1. The highest BCUT2D eigenvalue weighted by Gasteiger charge is 2.15. The summed E-state index contributed by atoms with van der Waals surface area (Å²) in [5, 5.41) is 3.29. The fourth-order valence-electron chi connectivity index (χ4n) is 1.63. The van der Waals surface area contributed by atoms with E-state index in [-0.39, 0.29) is 5.78 Å². The van der Waals surface area contributed by atoms with Gasteiger partial charge in [0.1, 0.15) is 0 Å². The summed E-state index contributed by atoms with van der Waals surface area (Å²) in [5.41, 5.74) is 1.99. The minimum Gasteiger partial charge on any atom is -0.386 e. The predicted octanol–water partition coefficient (Wildman–Crippen LogP) is 2.18. The second-order valence-electron chi connectivity index (χ2n) is 3.68. The van der Waals surface area contributed by atoms with Crippen LogP contribution in [0.25, 0.3) is 0 Å². The van der Waals surface area contributed by atoms with E-state index in [9.17, 15) is 4.79 Å².